The van der Waals surface area contributed by atoms with Crippen LogP contribution < -0.4 is 10.6 Å². The molecule has 2 aliphatic rings. The summed E-state index contributed by atoms with van der Waals surface area (Å²) in [5.74, 6) is 0.934. The molecule has 2 rings (SSSR count). The third kappa shape index (κ3) is 6.28. The molecule has 2 fully saturated rings. The molecule has 0 radical (unpaired) electrons. The minimum absolute atomic E-state index is 0.459. The second kappa shape index (κ2) is 9.45. The molecular formula is C17H35N5O. The highest BCUT2D eigenvalue weighted by Gasteiger charge is 2.29. The zero-order chi connectivity index (χ0) is 16.7. The molecule has 1 saturated carbocycles. The van der Waals surface area contributed by atoms with Gasteiger partial charge in [0, 0.05) is 44.3 Å². The van der Waals surface area contributed by atoms with Crippen molar-refractivity contribution in [2.75, 3.05) is 53.0 Å². The van der Waals surface area contributed by atoms with E-state index in [-0.39, 0.29) is 0 Å². The van der Waals surface area contributed by atoms with Gasteiger partial charge in [-0.3, -0.25) is 14.8 Å². The number of nitrogens with zero attached hydrogens (tertiary/aromatic N) is 3. The van der Waals surface area contributed by atoms with Crippen molar-refractivity contribution in [3.8, 4) is 0 Å². The van der Waals surface area contributed by atoms with Gasteiger partial charge in [-0.2, -0.15) is 0 Å². The largest absolute Gasteiger partial charge is 0.379 e. The number of morpholine rings is 1. The molecule has 1 heterocycles. The molecule has 2 unspecified atom stereocenters. The van der Waals surface area contributed by atoms with Gasteiger partial charge in [0.15, 0.2) is 5.96 Å². The summed E-state index contributed by atoms with van der Waals surface area (Å²) < 4.78 is 5.42. The molecule has 1 aliphatic heterocycles. The van der Waals surface area contributed by atoms with Crippen molar-refractivity contribution < 1.29 is 4.74 Å². The molecule has 0 aromatic heterocycles. The minimum Gasteiger partial charge on any atom is -0.379 e. The summed E-state index contributed by atoms with van der Waals surface area (Å²) in [6.07, 6.45) is 2.71. The molecule has 2 N–H and O–H groups in total. The van der Waals surface area contributed by atoms with Crippen LogP contribution in [-0.2, 0) is 4.74 Å². The molecule has 0 aromatic rings. The average Bonchev–Trinajstić information content (AvgIpc) is 3.41. The van der Waals surface area contributed by atoms with Gasteiger partial charge in [-0.1, -0.05) is 0 Å². The van der Waals surface area contributed by atoms with Crippen LogP contribution in [0.25, 0.3) is 0 Å². The highest BCUT2D eigenvalue weighted by Crippen LogP contribution is 2.26. The highest BCUT2D eigenvalue weighted by molar-refractivity contribution is 5.79. The van der Waals surface area contributed by atoms with Crippen molar-refractivity contribution in [1.82, 2.24) is 20.4 Å². The first-order valence-electron chi connectivity index (χ1n) is 9.17. The zero-order valence-corrected chi connectivity index (χ0v) is 15.3. The van der Waals surface area contributed by atoms with Gasteiger partial charge in [0.2, 0.25) is 0 Å². The van der Waals surface area contributed by atoms with Crippen molar-refractivity contribution in [1.29, 1.82) is 0 Å². The first-order valence-corrected chi connectivity index (χ1v) is 9.17. The van der Waals surface area contributed by atoms with Crippen LogP contribution in [0.3, 0.4) is 0 Å². The lowest BCUT2D eigenvalue weighted by Crippen LogP contribution is -2.47. The summed E-state index contributed by atoms with van der Waals surface area (Å²) in [4.78, 5) is 9.71. The van der Waals surface area contributed by atoms with E-state index in [9.17, 15) is 0 Å². The molecule has 0 aromatic carbocycles. The van der Waals surface area contributed by atoms with Crippen LogP contribution in [0.5, 0.6) is 0 Å². The quantitative estimate of drug-likeness (QED) is 0.509. The average molecular weight is 326 g/mol. The third-order valence-electron chi connectivity index (χ3n) is 4.91. The summed E-state index contributed by atoms with van der Waals surface area (Å²) in [6, 6.07) is 1.79. The van der Waals surface area contributed by atoms with Gasteiger partial charge in [0.05, 0.1) is 19.8 Å². The van der Waals surface area contributed by atoms with E-state index < -0.39 is 0 Å². The maximum atomic E-state index is 5.42. The molecule has 0 bridgehead atoms. The maximum Gasteiger partial charge on any atom is 0.191 e. The topological polar surface area (TPSA) is 52.1 Å². The Morgan fingerprint density at radius 3 is 2.57 bits per heavy atom. The van der Waals surface area contributed by atoms with E-state index in [1.54, 1.807) is 0 Å². The van der Waals surface area contributed by atoms with Gasteiger partial charge in [0.25, 0.3) is 0 Å². The molecule has 1 aliphatic carbocycles. The predicted octanol–water partition coefficient (Wildman–Crippen LogP) is 0.745. The molecule has 0 amide bonds. The number of nitrogens with one attached hydrogen (secondary N) is 2. The minimum atomic E-state index is 0.459. The number of hydrogen-bond donors (Lipinski definition) is 2. The number of guanidine groups is 1. The Kier molecular flexibility index (Phi) is 7.59. The van der Waals surface area contributed by atoms with Crippen LogP contribution in [0.15, 0.2) is 4.99 Å². The lowest BCUT2D eigenvalue weighted by Gasteiger charge is -2.31. The van der Waals surface area contributed by atoms with Crippen LogP contribution in [0.4, 0.5) is 0 Å². The fraction of sp³-hybridized carbons (Fsp3) is 0.941. The van der Waals surface area contributed by atoms with E-state index in [1.807, 2.05) is 0 Å². The van der Waals surface area contributed by atoms with E-state index in [0.717, 1.165) is 57.9 Å². The molecule has 6 heteroatoms. The number of rotatable bonds is 8. The molecular weight excluding hydrogens is 290 g/mol. The molecule has 2 atom stereocenters. The number of hydrogen-bond acceptors (Lipinski definition) is 4. The predicted molar refractivity (Wildman–Crippen MR) is 96.1 cm³/mol. The summed E-state index contributed by atoms with van der Waals surface area (Å²) in [5.41, 5.74) is 0. The van der Waals surface area contributed by atoms with Crippen molar-refractivity contribution in [3.63, 3.8) is 0 Å². The summed E-state index contributed by atoms with van der Waals surface area (Å²) in [6.45, 7) is 13.0. The van der Waals surface area contributed by atoms with E-state index in [0.29, 0.717) is 12.1 Å². The Morgan fingerprint density at radius 2 is 1.96 bits per heavy atom. The van der Waals surface area contributed by atoms with E-state index in [1.165, 1.54) is 12.8 Å². The maximum absolute atomic E-state index is 5.42. The van der Waals surface area contributed by atoms with Gasteiger partial charge in [0.1, 0.15) is 0 Å². The lowest BCUT2D eigenvalue weighted by molar-refractivity contribution is 0.0220. The van der Waals surface area contributed by atoms with Gasteiger partial charge in [-0.25, -0.2) is 0 Å². The molecule has 23 heavy (non-hydrogen) atoms. The summed E-state index contributed by atoms with van der Waals surface area (Å²) >= 11 is 0. The first kappa shape index (κ1) is 18.5. The fourth-order valence-corrected chi connectivity index (χ4v) is 2.93. The molecule has 6 nitrogen and oxygen atoms in total. The Labute approximate surface area is 141 Å². The fourth-order valence-electron chi connectivity index (χ4n) is 2.93. The SMILES string of the molecule is CCNC(=NCC(C)N1CCOCC1)NCC(C)N(C)C1CC1. The second-order valence-corrected chi connectivity index (χ2v) is 6.84. The Balaban J connectivity index is 1.76. The van der Waals surface area contributed by atoms with Crippen LogP contribution in [0, 0.1) is 0 Å². The van der Waals surface area contributed by atoms with E-state index >= 15 is 0 Å². The zero-order valence-electron chi connectivity index (χ0n) is 15.3. The molecule has 1 saturated heterocycles. The van der Waals surface area contributed by atoms with Gasteiger partial charge < -0.3 is 15.4 Å². The second-order valence-electron chi connectivity index (χ2n) is 6.84. The van der Waals surface area contributed by atoms with Crippen molar-refractivity contribution >= 4 is 5.96 Å². The monoisotopic (exact) mass is 325 g/mol. The number of aliphatic imine (C=N–C) groups is 1. The summed E-state index contributed by atoms with van der Waals surface area (Å²) in [7, 11) is 2.23. The number of ether oxygens (including phenoxy) is 1. The normalized spacial score (nSPS) is 22.9. The van der Waals surface area contributed by atoms with E-state index in [2.05, 4.69) is 48.3 Å². The van der Waals surface area contributed by atoms with Crippen LogP contribution in [0.1, 0.15) is 33.6 Å². The highest BCUT2D eigenvalue weighted by atomic mass is 16.5. The van der Waals surface area contributed by atoms with Crippen molar-refractivity contribution in [2.45, 2.75) is 51.7 Å². The smallest absolute Gasteiger partial charge is 0.191 e. The Morgan fingerprint density at radius 1 is 1.26 bits per heavy atom. The van der Waals surface area contributed by atoms with Gasteiger partial charge in [-0.15, -0.1) is 0 Å². The number of likely N-dealkylation sites (N-methyl/N-ethyl adjacent to an activating group) is 1. The van der Waals surface area contributed by atoms with Crippen LogP contribution in [-0.4, -0.2) is 86.9 Å². The van der Waals surface area contributed by atoms with Gasteiger partial charge in [-0.05, 0) is 40.7 Å². The molecule has 0 spiro atoms. The standard InChI is InChI=1S/C17H35N5O/c1-5-18-17(19-12-14(2)21(4)16-6-7-16)20-13-15(3)22-8-10-23-11-9-22/h14-16H,5-13H2,1-4H3,(H2,18,19,20). The van der Waals surface area contributed by atoms with Crippen LogP contribution in [0.2, 0.25) is 0 Å². The Bertz CT molecular complexity index is 366. The van der Waals surface area contributed by atoms with Crippen LogP contribution >= 0.6 is 0 Å². The van der Waals surface area contributed by atoms with Crippen molar-refractivity contribution in [3.05, 3.63) is 0 Å². The molecule has 134 valence electrons. The van der Waals surface area contributed by atoms with Crippen molar-refractivity contribution in [2.24, 2.45) is 4.99 Å². The first-order chi connectivity index (χ1) is 11.1. The summed E-state index contributed by atoms with van der Waals surface area (Å²) in [5, 5.41) is 6.85. The lowest BCUT2D eigenvalue weighted by atomic mass is 10.2. The third-order valence-corrected chi connectivity index (χ3v) is 4.91. The Hall–Kier alpha value is -0.850. The van der Waals surface area contributed by atoms with E-state index in [4.69, 9.17) is 9.73 Å². The van der Waals surface area contributed by atoms with Gasteiger partial charge >= 0.3 is 0 Å².